The van der Waals surface area contributed by atoms with E-state index < -0.39 is 0 Å². The molecule has 4 heteroatoms. The van der Waals surface area contributed by atoms with E-state index in [1.165, 1.54) is 0 Å². The van der Waals surface area contributed by atoms with Gasteiger partial charge in [-0.2, -0.15) is 0 Å². The lowest BCUT2D eigenvalue weighted by Crippen LogP contribution is -2.14. The number of amides is 1. The summed E-state index contributed by atoms with van der Waals surface area (Å²) >= 11 is 0. The maximum absolute atomic E-state index is 12.2. The predicted molar refractivity (Wildman–Crippen MR) is 92.9 cm³/mol. The van der Waals surface area contributed by atoms with Gasteiger partial charge in [0.25, 0.3) is 0 Å². The van der Waals surface area contributed by atoms with Gasteiger partial charge < -0.3 is 15.0 Å². The van der Waals surface area contributed by atoms with Gasteiger partial charge in [-0.15, -0.1) is 0 Å². The zero-order valence-electron chi connectivity index (χ0n) is 13.1. The minimum absolute atomic E-state index is 0.0295. The summed E-state index contributed by atoms with van der Waals surface area (Å²) in [5, 5.41) is 4.06. The van der Waals surface area contributed by atoms with Gasteiger partial charge in [0.1, 0.15) is 5.75 Å². The molecule has 0 bridgehead atoms. The molecule has 0 atom stereocenters. The van der Waals surface area contributed by atoms with Crippen LogP contribution < -0.4 is 10.1 Å². The van der Waals surface area contributed by atoms with E-state index in [-0.39, 0.29) is 5.91 Å². The molecule has 2 aromatic carbocycles. The molecule has 23 heavy (non-hydrogen) atoms. The number of anilines is 1. The number of aromatic amines is 1. The Balaban J connectivity index is 1.60. The van der Waals surface area contributed by atoms with Crippen LogP contribution in [0.3, 0.4) is 0 Å². The Labute approximate surface area is 135 Å². The van der Waals surface area contributed by atoms with Crippen LogP contribution in [0.15, 0.2) is 54.7 Å². The Morgan fingerprint density at radius 2 is 1.96 bits per heavy atom. The van der Waals surface area contributed by atoms with Crippen LogP contribution >= 0.6 is 0 Å². The highest BCUT2D eigenvalue weighted by atomic mass is 16.5. The van der Waals surface area contributed by atoms with Crippen molar-refractivity contribution in [2.75, 3.05) is 11.9 Å². The molecule has 3 rings (SSSR count). The van der Waals surface area contributed by atoms with E-state index in [1.807, 2.05) is 54.7 Å². The average molecular weight is 308 g/mol. The molecule has 1 amide bonds. The normalized spacial score (nSPS) is 10.7. The zero-order chi connectivity index (χ0) is 16.1. The molecule has 0 unspecified atom stereocenters. The average Bonchev–Trinajstić information content (AvgIpc) is 3.02. The summed E-state index contributed by atoms with van der Waals surface area (Å²) in [6, 6.07) is 15.5. The van der Waals surface area contributed by atoms with Gasteiger partial charge in [0.15, 0.2) is 0 Å². The smallest absolute Gasteiger partial charge is 0.228 e. The highest BCUT2D eigenvalue weighted by molar-refractivity contribution is 5.93. The van der Waals surface area contributed by atoms with Crippen LogP contribution in [0.25, 0.3) is 10.9 Å². The van der Waals surface area contributed by atoms with Crippen LogP contribution in [-0.4, -0.2) is 17.5 Å². The van der Waals surface area contributed by atoms with Crippen molar-refractivity contribution in [2.24, 2.45) is 0 Å². The number of hydrogen-bond acceptors (Lipinski definition) is 2. The number of carbonyl (C=O) groups excluding carboxylic acids is 1. The first kappa shape index (κ1) is 15.2. The summed E-state index contributed by atoms with van der Waals surface area (Å²) in [6.07, 6.45) is 3.23. The summed E-state index contributed by atoms with van der Waals surface area (Å²) in [4.78, 5) is 15.3. The number of ether oxygens (including phenoxy) is 1. The van der Waals surface area contributed by atoms with Gasteiger partial charge in [0.2, 0.25) is 5.91 Å². The molecule has 0 saturated carbocycles. The molecule has 4 nitrogen and oxygen atoms in total. The van der Waals surface area contributed by atoms with Gasteiger partial charge in [-0.3, -0.25) is 4.79 Å². The van der Waals surface area contributed by atoms with Gasteiger partial charge in [-0.05, 0) is 53.8 Å². The fraction of sp³-hybridized carbons (Fsp3) is 0.211. The highest BCUT2D eigenvalue weighted by Gasteiger charge is 2.06. The third-order valence-electron chi connectivity index (χ3n) is 3.60. The summed E-state index contributed by atoms with van der Waals surface area (Å²) in [6.45, 7) is 2.77. The lowest BCUT2D eigenvalue weighted by Gasteiger charge is -2.08. The topological polar surface area (TPSA) is 54.1 Å². The molecule has 3 aromatic rings. The summed E-state index contributed by atoms with van der Waals surface area (Å²) < 4.78 is 5.53. The molecule has 1 heterocycles. The van der Waals surface area contributed by atoms with Crippen LogP contribution in [0, 0.1) is 0 Å². The number of rotatable bonds is 6. The number of carbonyl (C=O) groups is 1. The second-order valence-corrected chi connectivity index (χ2v) is 5.50. The van der Waals surface area contributed by atoms with Crippen molar-refractivity contribution in [1.29, 1.82) is 0 Å². The van der Waals surface area contributed by atoms with Crippen molar-refractivity contribution in [3.63, 3.8) is 0 Å². The van der Waals surface area contributed by atoms with Crippen molar-refractivity contribution in [2.45, 2.75) is 19.8 Å². The maximum atomic E-state index is 12.2. The summed E-state index contributed by atoms with van der Waals surface area (Å²) in [5.74, 6) is 0.792. The fourth-order valence-corrected chi connectivity index (χ4v) is 2.45. The monoisotopic (exact) mass is 308 g/mol. The third-order valence-corrected chi connectivity index (χ3v) is 3.60. The minimum atomic E-state index is -0.0295. The maximum Gasteiger partial charge on any atom is 0.228 e. The second-order valence-electron chi connectivity index (χ2n) is 5.50. The van der Waals surface area contributed by atoms with Crippen LogP contribution in [0.1, 0.15) is 18.9 Å². The Kier molecular flexibility index (Phi) is 4.62. The Morgan fingerprint density at radius 1 is 1.13 bits per heavy atom. The minimum Gasteiger partial charge on any atom is -0.494 e. The van der Waals surface area contributed by atoms with Gasteiger partial charge in [-0.25, -0.2) is 0 Å². The second kappa shape index (κ2) is 7.01. The van der Waals surface area contributed by atoms with Gasteiger partial charge in [0, 0.05) is 17.4 Å². The van der Waals surface area contributed by atoms with E-state index in [0.29, 0.717) is 13.0 Å². The number of aromatic nitrogens is 1. The standard InChI is InChI=1S/C19H20N2O2/c1-2-11-23-17-7-5-16(6-8-17)21-19(22)13-14-3-4-15-9-10-20-18(15)12-14/h3-10,12,20H,2,11,13H2,1H3,(H,21,22). The highest BCUT2D eigenvalue weighted by Crippen LogP contribution is 2.17. The Bertz CT molecular complexity index is 790. The lowest BCUT2D eigenvalue weighted by molar-refractivity contribution is -0.115. The number of H-pyrrole nitrogens is 1. The summed E-state index contributed by atoms with van der Waals surface area (Å²) in [5.41, 5.74) is 2.81. The van der Waals surface area contributed by atoms with Crippen LogP contribution in [-0.2, 0) is 11.2 Å². The fourth-order valence-electron chi connectivity index (χ4n) is 2.45. The van der Waals surface area contributed by atoms with Crippen LogP contribution in [0.2, 0.25) is 0 Å². The zero-order valence-corrected chi connectivity index (χ0v) is 13.1. The van der Waals surface area contributed by atoms with E-state index >= 15 is 0 Å². The molecule has 0 spiro atoms. The SMILES string of the molecule is CCCOc1ccc(NC(=O)Cc2ccc3cc[nH]c3c2)cc1. The van der Waals surface area contributed by atoms with Gasteiger partial charge in [0.05, 0.1) is 13.0 Å². The van der Waals surface area contributed by atoms with Crippen molar-refractivity contribution in [3.8, 4) is 5.75 Å². The number of nitrogens with one attached hydrogen (secondary N) is 2. The molecule has 2 N–H and O–H groups in total. The molecule has 0 fully saturated rings. The first-order valence-corrected chi connectivity index (χ1v) is 7.83. The Morgan fingerprint density at radius 3 is 2.74 bits per heavy atom. The molecule has 118 valence electrons. The number of fused-ring (bicyclic) bond motifs is 1. The largest absolute Gasteiger partial charge is 0.494 e. The summed E-state index contributed by atoms with van der Waals surface area (Å²) in [7, 11) is 0. The van der Waals surface area contributed by atoms with E-state index in [9.17, 15) is 4.79 Å². The molecular weight excluding hydrogens is 288 g/mol. The molecule has 0 aliphatic rings. The van der Waals surface area contributed by atoms with Gasteiger partial charge >= 0.3 is 0 Å². The van der Waals surface area contributed by atoms with Crippen LogP contribution in [0.4, 0.5) is 5.69 Å². The van der Waals surface area contributed by atoms with Crippen molar-refractivity contribution in [3.05, 3.63) is 60.3 Å². The van der Waals surface area contributed by atoms with Crippen LogP contribution in [0.5, 0.6) is 5.75 Å². The quantitative estimate of drug-likeness (QED) is 0.719. The number of benzene rings is 2. The van der Waals surface area contributed by atoms with E-state index in [4.69, 9.17) is 4.74 Å². The molecule has 0 aliphatic carbocycles. The molecule has 0 saturated heterocycles. The van der Waals surface area contributed by atoms with Crippen molar-refractivity contribution < 1.29 is 9.53 Å². The molecule has 0 aliphatic heterocycles. The van der Waals surface area contributed by atoms with E-state index in [0.717, 1.165) is 34.3 Å². The molecule has 0 radical (unpaired) electrons. The molecular formula is C19H20N2O2. The third kappa shape index (κ3) is 3.92. The lowest BCUT2D eigenvalue weighted by atomic mass is 10.1. The number of hydrogen-bond donors (Lipinski definition) is 2. The van der Waals surface area contributed by atoms with Gasteiger partial charge in [-0.1, -0.05) is 19.1 Å². The van der Waals surface area contributed by atoms with Crippen molar-refractivity contribution >= 4 is 22.5 Å². The predicted octanol–water partition coefficient (Wildman–Crippen LogP) is 4.14. The van der Waals surface area contributed by atoms with E-state index in [2.05, 4.69) is 17.2 Å². The Hall–Kier alpha value is -2.75. The van der Waals surface area contributed by atoms with Crippen molar-refractivity contribution in [1.82, 2.24) is 4.98 Å². The first-order valence-electron chi connectivity index (χ1n) is 7.83. The van der Waals surface area contributed by atoms with E-state index in [1.54, 1.807) is 0 Å². The first-order chi connectivity index (χ1) is 11.2. The molecule has 1 aromatic heterocycles.